The summed E-state index contributed by atoms with van der Waals surface area (Å²) < 4.78 is 2.08. The van der Waals surface area contributed by atoms with Gasteiger partial charge in [-0.1, -0.05) is 0 Å². The number of piperidine rings is 1. The Morgan fingerprint density at radius 3 is 2.71 bits per heavy atom. The van der Waals surface area contributed by atoms with Gasteiger partial charge in [-0.2, -0.15) is 4.41 Å². The molecule has 0 atom stereocenters. The van der Waals surface area contributed by atoms with Gasteiger partial charge >= 0.3 is 6.09 Å². The quantitative estimate of drug-likeness (QED) is 0.641. The third-order valence-corrected chi connectivity index (χ3v) is 3.40. The first-order valence-corrected chi connectivity index (χ1v) is 5.46. The molecule has 0 aromatic rings. The fraction of sp³-hybridized carbons (Fsp3) is 0.625. The van der Waals surface area contributed by atoms with Crippen molar-refractivity contribution in [1.29, 1.82) is 0 Å². The fourth-order valence-electron chi connectivity index (χ4n) is 1.71. The average Bonchev–Trinajstić information content (AvgIpc) is 2.71. The lowest BCUT2D eigenvalue weighted by Gasteiger charge is -2.34. The van der Waals surface area contributed by atoms with E-state index in [2.05, 4.69) is 9.84 Å². The van der Waals surface area contributed by atoms with Crippen molar-refractivity contribution in [2.45, 2.75) is 18.9 Å². The standard InChI is InChI=1S/C8H13N3O2S/c12-8(13)10-4-1-7(2-5-10)11-9-3-6-14-11/h3,6-7,9H,1-2,4-5H2,(H,12,13). The number of likely N-dealkylation sites (tertiary alicyclic amines) is 1. The summed E-state index contributed by atoms with van der Waals surface area (Å²) in [5.74, 6) is 0. The Hall–Kier alpha value is -0.880. The summed E-state index contributed by atoms with van der Waals surface area (Å²) in [6, 6.07) is 0.436. The molecule has 78 valence electrons. The Bertz CT molecular complexity index is 243. The molecule has 2 aliphatic rings. The van der Waals surface area contributed by atoms with Gasteiger partial charge in [-0.25, -0.2) is 4.79 Å². The van der Waals surface area contributed by atoms with E-state index < -0.39 is 6.09 Å². The van der Waals surface area contributed by atoms with Crippen LogP contribution in [-0.2, 0) is 0 Å². The van der Waals surface area contributed by atoms with E-state index >= 15 is 0 Å². The second kappa shape index (κ2) is 4.10. The van der Waals surface area contributed by atoms with Crippen molar-refractivity contribution in [2.75, 3.05) is 13.1 Å². The Balaban J connectivity index is 1.81. The molecule has 0 radical (unpaired) electrons. The summed E-state index contributed by atoms with van der Waals surface area (Å²) in [6.07, 6.45) is 2.89. The predicted molar refractivity (Wildman–Crippen MR) is 54.3 cm³/mol. The average molecular weight is 215 g/mol. The van der Waals surface area contributed by atoms with E-state index in [9.17, 15) is 4.79 Å². The molecule has 0 aromatic heterocycles. The predicted octanol–water partition coefficient (Wildman–Crippen LogP) is 1.07. The second-order valence-corrected chi connectivity index (χ2v) is 4.24. The lowest BCUT2D eigenvalue weighted by molar-refractivity contribution is 0.116. The minimum Gasteiger partial charge on any atom is -0.465 e. The highest BCUT2D eigenvalue weighted by Crippen LogP contribution is 2.24. The minimum atomic E-state index is -0.802. The van der Waals surface area contributed by atoms with Gasteiger partial charge in [-0.05, 0) is 24.8 Å². The molecule has 1 fully saturated rings. The summed E-state index contributed by atoms with van der Waals surface area (Å²) >= 11 is 1.63. The van der Waals surface area contributed by atoms with Crippen LogP contribution in [0.2, 0.25) is 0 Å². The highest BCUT2D eigenvalue weighted by molar-refractivity contribution is 8.00. The number of hydrogen-bond acceptors (Lipinski definition) is 4. The summed E-state index contributed by atoms with van der Waals surface area (Å²) in [6.45, 7) is 1.28. The van der Waals surface area contributed by atoms with Crippen LogP contribution in [0.3, 0.4) is 0 Å². The molecule has 1 amide bonds. The Morgan fingerprint density at radius 1 is 1.50 bits per heavy atom. The largest absolute Gasteiger partial charge is 0.465 e. The molecule has 0 saturated carbocycles. The van der Waals surface area contributed by atoms with Crippen LogP contribution in [-0.4, -0.2) is 39.6 Å². The van der Waals surface area contributed by atoms with Crippen LogP contribution in [0.1, 0.15) is 12.8 Å². The normalized spacial score (nSPS) is 23.9. The Morgan fingerprint density at radius 2 is 2.21 bits per heavy atom. The molecule has 2 N–H and O–H groups in total. The number of nitrogens with zero attached hydrogens (tertiary/aromatic N) is 2. The van der Waals surface area contributed by atoms with E-state index in [4.69, 9.17) is 5.11 Å². The van der Waals surface area contributed by atoms with Gasteiger partial charge in [0.1, 0.15) is 0 Å². The maximum atomic E-state index is 10.7. The molecule has 2 heterocycles. The van der Waals surface area contributed by atoms with Crippen molar-refractivity contribution in [2.24, 2.45) is 0 Å². The third kappa shape index (κ3) is 1.96. The summed E-state index contributed by atoms with van der Waals surface area (Å²) in [5, 5.41) is 10.8. The van der Waals surface area contributed by atoms with Gasteiger partial charge in [0.05, 0.1) is 0 Å². The molecule has 0 bridgehead atoms. The number of rotatable bonds is 1. The van der Waals surface area contributed by atoms with Crippen LogP contribution in [0.5, 0.6) is 0 Å². The molecule has 0 spiro atoms. The zero-order valence-electron chi connectivity index (χ0n) is 7.72. The summed E-state index contributed by atoms with van der Waals surface area (Å²) in [4.78, 5) is 12.1. The Kier molecular flexibility index (Phi) is 2.83. The van der Waals surface area contributed by atoms with E-state index in [0.717, 1.165) is 12.8 Å². The molecule has 5 nitrogen and oxygen atoms in total. The first kappa shape index (κ1) is 9.67. The third-order valence-electron chi connectivity index (χ3n) is 2.51. The van der Waals surface area contributed by atoms with Gasteiger partial charge in [-0.15, -0.1) is 0 Å². The zero-order valence-corrected chi connectivity index (χ0v) is 8.54. The van der Waals surface area contributed by atoms with Gasteiger partial charge in [0.15, 0.2) is 0 Å². The zero-order chi connectivity index (χ0) is 9.97. The second-order valence-electron chi connectivity index (χ2n) is 3.36. The topological polar surface area (TPSA) is 55.8 Å². The van der Waals surface area contributed by atoms with Gasteiger partial charge in [-0.3, -0.25) is 0 Å². The lowest BCUT2D eigenvalue weighted by Crippen LogP contribution is -2.46. The molecule has 2 rings (SSSR count). The molecule has 0 aliphatic carbocycles. The first-order valence-electron chi connectivity index (χ1n) is 4.62. The molecular weight excluding hydrogens is 202 g/mol. The van der Waals surface area contributed by atoms with Crippen LogP contribution < -0.4 is 5.43 Å². The monoisotopic (exact) mass is 215 g/mol. The minimum absolute atomic E-state index is 0.436. The number of nitrogens with one attached hydrogen (secondary N) is 1. The number of amides is 1. The molecule has 14 heavy (non-hydrogen) atoms. The maximum Gasteiger partial charge on any atom is 0.407 e. The number of carboxylic acid groups (broad SMARTS) is 1. The number of hydrogen-bond donors (Lipinski definition) is 2. The van der Waals surface area contributed by atoms with Crippen LogP contribution in [0.15, 0.2) is 11.6 Å². The smallest absolute Gasteiger partial charge is 0.407 e. The van der Waals surface area contributed by atoms with Crippen molar-refractivity contribution in [1.82, 2.24) is 14.7 Å². The molecule has 2 aliphatic heterocycles. The first-order chi connectivity index (χ1) is 6.77. The van der Waals surface area contributed by atoms with E-state index in [1.54, 1.807) is 11.9 Å². The number of hydrazine groups is 1. The molecule has 6 heteroatoms. The van der Waals surface area contributed by atoms with Crippen LogP contribution in [0.4, 0.5) is 4.79 Å². The van der Waals surface area contributed by atoms with Crippen molar-refractivity contribution in [3.05, 3.63) is 11.6 Å². The van der Waals surface area contributed by atoms with Crippen molar-refractivity contribution in [3.8, 4) is 0 Å². The molecular formula is C8H13N3O2S. The van der Waals surface area contributed by atoms with Crippen LogP contribution in [0, 0.1) is 0 Å². The maximum absolute atomic E-state index is 10.7. The van der Waals surface area contributed by atoms with Crippen molar-refractivity contribution in [3.63, 3.8) is 0 Å². The fourth-order valence-corrected chi connectivity index (χ4v) is 2.47. The highest BCUT2D eigenvalue weighted by atomic mass is 32.2. The van der Waals surface area contributed by atoms with Gasteiger partial charge in [0.25, 0.3) is 0 Å². The molecule has 0 aromatic carbocycles. The lowest BCUT2D eigenvalue weighted by atomic mass is 10.1. The Labute approximate surface area is 86.8 Å². The number of carbonyl (C=O) groups is 1. The summed E-state index contributed by atoms with van der Waals surface area (Å²) in [5.41, 5.74) is 3.12. The molecule has 0 unspecified atom stereocenters. The molecule has 1 saturated heterocycles. The van der Waals surface area contributed by atoms with Gasteiger partial charge < -0.3 is 15.4 Å². The van der Waals surface area contributed by atoms with Crippen molar-refractivity contribution < 1.29 is 9.90 Å². The van der Waals surface area contributed by atoms with Crippen LogP contribution >= 0.6 is 11.9 Å². The van der Waals surface area contributed by atoms with Crippen molar-refractivity contribution >= 4 is 18.0 Å². The van der Waals surface area contributed by atoms with E-state index in [-0.39, 0.29) is 0 Å². The van der Waals surface area contributed by atoms with E-state index in [1.807, 2.05) is 11.6 Å². The van der Waals surface area contributed by atoms with Crippen LogP contribution in [0.25, 0.3) is 0 Å². The SMILES string of the molecule is O=C(O)N1CCC(N2NC=CS2)CC1. The van der Waals surface area contributed by atoms with Gasteiger partial charge in [0, 0.05) is 30.7 Å². The highest BCUT2D eigenvalue weighted by Gasteiger charge is 2.27. The van der Waals surface area contributed by atoms with Gasteiger partial charge in [0.2, 0.25) is 0 Å². The summed E-state index contributed by atoms with van der Waals surface area (Å²) in [7, 11) is 0. The van der Waals surface area contributed by atoms with E-state index in [0.29, 0.717) is 19.1 Å². The van der Waals surface area contributed by atoms with E-state index in [1.165, 1.54) is 4.90 Å².